The van der Waals surface area contributed by atoms with Crippen molar-refractivity contribution >= 4 is 27.9 Å². The molecule has 0 spiro atoms. The van der Waals surface area contributed by atoms with Gasteiger partial charge in [0, 0.05) is 41.6 Å². The number of pyridine rings is 1. The van der Waals surface area contributed by atoms with Crippen molar-refractivity contribution in [3.05, 3.63) is 66.4 Å². The lowest BCUT2D eigenvalue weighted by atomic mass is 10.1. The van der Waals surface area contributed by atoms with Crippen molar-refractivity contribution in [2.45, 2.75) is 26.3 Å². The van der Waals surface area contributed by atoms with Crippen LogP contribution in [0.25, 0.3) is 33.5 Å². The highest BCUT2D eigenvalue weighted by Gasteiger charge is 2.17. The lowest BCUT2D eigenvalue weighted by Crippen LogP contribution is -2.11. The Kier molecular flexibility index (Phi) is 5.28. The Labute approximate surface area is 185 Å². The van der Waals surface area contributed by atoms with E-state index in [9.17, 15) is 5.11 Å². The van der Waals surface area contributed by atoms with Gasteiger partial charge in [0.2, 0.25) is 0 Å². The fraction of sp³-hybridized carbons (Fsp3) is 0.250. The third-order valence-electron chi connectivity index (χ3n) is 5.66. The average Bonchev–Trinajstić information content (AvgIpc) is 3.43. The van der Waals surface area contributed by atoms with Crippen LogP contribution in [0.4, 0.5) is 5.82 Å². The SMILES string of the molecule is Cc1cncc(-c2nc(NCCc3c[nH]c4ccccc34)c3ncn(C(C)CO)c3n2)c1. The number of aliphatic hydroxyl groups is 1. The number of aromatic nitrogens is 6. The Morgan fingerprint density at radius 3 is 2.91 bits per heavy atom. The van der Waals surface area contributed by atoms with E-state index < -0.39 is 0 Å². The van der Waals surface area contributed by atoms with Crippen molar-refractivity contribution < 1.29 is 5.11 Å². The molecule has 0 aliphatic rings. The summed E-state index contributed by atoms with van der Waals surface area (Å²) in [7, 11) is 0. The van der Waals surface area contributed by atoms with Crippen LogP contribution in [0.5, 0.6) is 0 Å². The first-order valence-electron chi connectivity index (χ1n) is 10.7. The smallest absolute Gasteiger partial charge is 0.166 e. The van der Waals surface area contributed by atoms with E-state index in [-0.39, 0.29) is 12.6 Å². The van der Waals surface area contributed by atoms with Gasteiger partial charge in [-0.1, -0.05) is 18.2 Å². The molecule has 0 saturated carbocycles. The van der Waals surface area contributed by atoms with E-state index in [0.29, 0.717) is 29.4 Å². The van der Waals surface area contributed by atoms with Gasteiger partial charge in [-0.05, 0) is 43.5 Å². The zero-order valence-corrected chi connectivity index (χ0v) is 18.1. The number of rotatable bonds is 7. The van der Waals surface area contributed by atoms with Crippen LogP contribution in [0.15, 0.2) is 55.2 Å². The van der Waals surface area contributed by atoms with Gasteiger partial charge in [0.05, 0.1) is 19.0 Å². The molecule has 1 aromatic carbocycles. The Morgan fingerprint density at radius 1 is 1.19 bits per heavy atom. The number of imidazole rings is 1. The highest BCUT2D eigenvalue weighted by molar-refractivity contribution is 5.85. The Hall–Kier alpha value is -3.78. The number of hydrogen-bond acceptors (Lipinski definition) is 6. The molecule has 3 N–H and O–H groups in total. The van der Waals surface area contributed by atoms with Gasteiger partial charge in [-0.25, -0.2) is 15.0 Å². The molecule has 162 valence electrons. The molecular weight excluding hydrogens is 402 g/mol. The Balaban J connectivity index is 1.50. The Morgan fingerprint density at radius 2 is 2.06 bits per heavy atom. The highest BCUT2D eigenvalue weighted by Crippen LogP contribution is 2.26. The van der Waals surface area contributed by atoms with Gasteiger partial charge < -0.3 is 20.0 Å². The second-order valence-electron chi connectivity index (χ2n) is 8.04. The summed E-state index contributed by atoms with van der Waals surface area (Å²) in [5.41, 5.74) is 5.65. The predicted molar refractivity (Wildman–Crippen MR) is 126 cm³/mol. The third kappa shape index (κ3) is 3.69. The van der Waals surface area contributed by atoms with Crippen molar-refractivity contribution in [2.75, 3.05) is 18.5 Å². The summed E-state index contributed by atoms with van der Waals surface area (Å²) in [5, 5.41) is 14.4. The van der Waals surface area contributed by atoms with Crippen LogP contribution >= 0.6 is 0 Å². The van der Waals surface area contributed by atoms with Crippen LogP contribution < -0.4 is 5.32 Å². The van der Waals surface area contributed by atoms with Crippen LogP contribution in [0, 0.1) is 6.92 Å². The fourth-order valence-corrected chi connectivity index (χ4v) is 3.91. The normalized spacial score (nSPS) is 12.5. The zero-order chi connectivity index (χ0) is 22.1. The molecular formula is C24H25N7O. The topological polar surface area (TPSA) is 105 Å². The molecule has 0 aliphatic carbocycles. The molecule has 0 radical (unpaired) electrons. The van der Waals surface area contributed by atoms with E-state index >= 15 is 0 Å². The number of fused-ring (bicyclic) bond motifs is 2. The molecule has 4 aromatic heterocycles. The van der Waals surface area contributed by atoms with Gasteiger partial charge >= 0.3 is 0 Å². The van der Waals surface area contributed by atoms with Crippen molar-refractivity contribution in [3.8, 4) is 11.4 Å². The third-order valence-corrected chi connectivity index (χ3v) is 5.66. The highest BCUT2D eigenvalue weighted by atomic mass is 16.3. The summed E-state index contributed by atoms with van der Waals surface area (Å²) in [6, 6.07) is 10.2. The predicted octanol–water partition coefficient (Wildman–Crippen LogP) is 3.89. The first-order valence-corrected chi connectivity index (χ1v) is 10.7. The molecule has 0 bridgehead atoms. The van der Waals surface area contributed by atoms with E-state index in [2.05, 4.69) is 44.7 Å². The molecule has 0 aliphatic heterocycles. The lowest BCUT2D eigenvalue weighted by Gasteiger charge is -2.12. The maximum atomic E-state index is 9.67. The summed E-state index contributed by atoms with van der Waals surface area (Å²) >= 11 is 0. The van der Waals surface area contributed by atoms with Gasteiger partial charge in [0.25, 0.3) is 0 Å². The zero-order valence-electron chi connectivity index (χ0n) is 18.1. The number of aromatic amines is 1. The molecule has 0 amide bonds. The summed E-state index contributed by atoms with van der Waals surface area (Å²) in [5.74, 6) is 1.26. The van der Waals surface area contributed by atoms with Crippen molar-refractivity contribution in [1.29, 1.82) is 0 Å². The van der Waals surface area contributed by atoms with E-state index in [1.807, 2.05) is 30.5 Å². The monoisotopic (exact) mass is 427 g/mol. The number of benzene rings is 1. The minimum absolute atomic E-state index is 0.000121. The summed E-state index contributed by atoms with van der Waals surface area (Å²) in [4.78, 5) is 21.7. The molecule has 8 heteroatoms. The second kappa shape index (κ2) is 8.39. The Bertz CT molecular complexity index is 1390. The molecule has 8 nitrogen and oxygen atoms in total. The molecule has 32 heavy (non-hydrogen) atoms. The van der Waals surface area contributed by atoms with Gasteiger partial charge in [0.1, 0.15) is 5.52 Å². The minimum atomic E-state index is -0.141. The van der Waals surface area contributed by atoms with Crippen LogP contribution in [0.2, 0.25) is 0 Å². The molecule has 5 aromatic rings. The van der Waals surface area contributed by atoms with Gasteiger partial charge in [0.15, 0.2) is 17.3 Å². The number of hydrogen-bond donors (Lipinski definition) is 3. The van der Waals surface area contributed by atoms with Gasteiger partial charge in [-0.15, -0.1) is 0 Å². The van der Waals surface area contributed by atoms with Gasteiger partial charge in [-0.3, -0.25) is 4.98 Å². The molecule has 1 unspecified atom stereocenters. The molecule has 4 heterocycles. The number of nitrogens with zero attached hydrogens (tertiary/aromatic N) is 5. The summed E-state index contributed by atoms with van der Waals surface area (Å²) < 4.78 is 1.88. The first-order chi connectivity index (χ1) is 15.6. The quantitative estimate of drug-likeness (QED) is 0.364. The summed E-state index contributed by atoms with van der Waals surface area (Å²) in [6.45, 7) is 4.62. The van der Waals surface area contributed by atoms with Crippen LogP contribution in [-0.2, 0) is 6.42 Å². The number of aliphatic hydroxyl groups excluding tert-OH is 1. The number of para-hydroxylation sites is 1. The van der Waals surface area contributed by atoms with Crippen LogP contribution in [0.1, 0.15) is 24.1 Å². The maximum absolute atomic E-state index is 9.67. The second-order valence-corrected chi connectivity index (χ2v) is 8.04. The van der Waals surface area contributed by atoms with Crippen LogP contribution in [0.3, 0.4) is 0 Å². The van der Waals surface area contributed by atoms with E-state index in [1.165, 1.54) is 10.9 Å². The molecule has 1 atom stereocenters. The van der Waals surface area contributed by atoms with E-state index in [0.717, 1.165) is 23.1 Å². The van der Waals surface area contributed by atoms with Crippen LogP contribution in [-0.4, -0.2) is 47.7 Å². The largest absolute Gasteiger partial charge is 0.394 e. The fourth-order valence-electron chi connectivity index (χ4n) is 3.91. The van der Waals surface area contributed by atoms with E-state index in [1.54, 1.807) is 18.7 Å². The number of H-pyrrole nitrogens is 1. The average molecular weight is 428 g/mol. The van der Waals surface area contributed by atoms with Crippen molar-refractivity contribution in [2.24, 2.45) is 0 Å². The molecule has 0 fully saturated rings. The van der Waals surface area contributed by atoms with Gasteiger partial charge in [-0.2, -0.15) is 0 Å². The number of aryl methyl sites for hydroxylation is 1. The first kappa shape index (κ1) is 20.1. The molecule has 0 saturated heterocycles. The summed E-state index contributed by atoms with van der Waals surface area (Å²) in [6.07, 6.45) is 8.18. The molecule has 5 rings (SSSR count). The standard InChI is InChI=1S/C24H25N7O/c1-15-9-18(11-25-10-15)22-29-23(21-24(30-22)31(14-28-21)16(2)13-32)26-8-7-17-12-27-20-6-4-3-5-19(17)20/h3-6,9-12,14,16,27,32H,7-8,13H2,1-2H3,(H,26,29,30). The van der Waals surface area contributed by atoms with Crippen molar-refractivity contribution in [3.63, 3.8) is 0 Å². The number of nitrogens with one attached hydrogen (secondary N) is 2. The number of anilines is 1. The minimum Gasteiger partial charge on any atom is -0.394 e. The van der Waals surface area contributed by atoms with Crippen molar-refractivity contribution in [1.82, 2.24) is 29.5 Å². The van der Waals surface area contributed by atoms with E-state index in [4.69, 9.17) is 9.97 Å². The maximum Gasteiger partial charge on any atom is 0.166 e. The lowest BCUT2D eigenvalue weighted by molar-refractivity contribution is 0.241.